The average Bonchev–Trinajstić information content (AvgIpc) is 2.87. The summed E-state index contributed by atoms with van der Waals surface area (Å²) in [5.74, 6) is -0.0368. The van der Waals surface area contributed by atoms with E-state index in [0.29, 0.717) is 5.01 Å². The minimum absolute atomic E-state index is 0.0368. The second-order valence-corrected chi connectivity index (χ2v) is 5.07. The van der Waals surface area contributed by atoms with Gasteiger partial charge >= 0.3 is 0 Å². The molecule has 1 unspecified atom stereocenters. The van der Waals surface area contributed by atoms with E-state index < -0.39 is 0 Å². The van der Waals surface area contributed by atoms with Crippen LogP contribution in [0, 0.1) is 0 Å². The lowest BCUT2D eigenvalue weighted by Gasteiger charge is -2.12. The molecule has 6 heteroatoms. The molecule has 2 rings (SSSR count). The van der Waals surface area contributed by atoms with Crippen LogP contribution in [0.5, 0.6) is 0 Å². The molecule has 2 heterocycles. The fourth-order valence-corrected chi connectivity index (χ4v) is 2.80. The highest BCUT2D eigenvalue weighted by atomic mass is 127. The van der Waals surface area contributed by atoms with Gasteiger partial charge in [0.25, 0.3) is 5.91 Å². The summed E-state index contributed by atoms with van der Waals surface area (Å²) in [6, 6.07) is 0.288. The van der Waals surface area contributed by atoms with Crippen molar-refractivity contribution in [2.24, 2.45) is 0 Å². The normalized spacial score (nSPS) is 21.8. The molecule has 1 fully saturated rings. The molecular weight excluding hydrogens is 325 g/mol. The summed E-state index contributed by atoms with van der Waals surface area (Å²) in [5, 5.41) is 5.39. The van der Waals surface area contributed by atoms with Crippen molar-refractivity contribution in [3.63, 3.8) is 0 Å². The lowest BCUT2D eigenvalue weighted by molar-refractivity contribution is 0.0938. The summed E-state index contributed by atoms with van der Waals surface area (Å²) in [5.41, 5.74) is 0. The molecule has 0 aliphatic carbocycles. The highest BCUT2D eigenvalue weighted by Gasteiger charge is 2.23. The first-order valence-electron chi connectivity index (χ1n) is 4.78. The van der Waals surface area contributed by atoms with Gasteiger partial charge in [-0.1, -0.05) is 22.6 Å². The van der Waals surface area contributed by atoms with Gasteiger partial charge in [0.2, 0.25) is 0 Å². The SMILES string of the molecule is O=C(NC1CCN(CI)C1)c1nccs1. The predicted octanol–water partition coefficient (Wildman–Crippen LogP) is 1.34. The van der Waals surface area contributed by atoms with Crippen LogP contribution in [-0.4, -0.2) is 39.5 Å². The maximum Gasteiger partial charge on any atom is 0.280 e. The monoisotopic (exact) mass is 337 g/mol. The van der Waals surface area contributed by atoms with E-state index >= 15 is 0 Å². The van der Waals surface area contributed by atoms with Gasteiger partial charge in [0.05, 0.1) is 4.55 Å². The van der Waals surface area contributed by atoms with Crippen LogP contribution in [-0.2, 0) is 0 Å². The quantitative estimate of drug-likeness (QED) is 0.514. The Morgan fingerprint density at radius 2 is 2.67 bits per heavy atom. The number of carbonyl (C=O) groups excluding carboxylic acids is 1. The van der Waals surface area contributed by atoms with Crippen molar-refractivity contribution in [2.45, 2.75) is 12.5 Å². The van der Waals surface area contributed by atoms with Crippen molar-refractivity contribution < 1.29 is 4.79 Å². The summed E-state index contributed by atoms with van der Waals surface area (Å²) in [6.07, 6.45) is 2.70. The number of hydrogen-bond acceptors (Lipinski definition) is 4. The lowest BCUT2D eigenvalue weighted by Crippen LogP contribution is -2.36. The first-order valence-corrected chi connectivity index (χ1v) is 7.19. The number of nitrogens with one attached hydrogen (secondary N) is 1. The zero-order valence-corrected chi connectivity index (χ0v) is 11.1. The van der Waals surface area contributed by atoms with Crippen LogP contribution < -0.4 is 5.32 Å². The zero-order chi connectivity index (χ0) is 10.7. The topological polar surface area (TPSA) is 45.2 Å². The largest absolute Gasteiger partial charge is 0.346 e. The molecule has 82 valence electrons. The molecule has 1 N–H and O–H groups in total. The Morgan fingerprint density at radius 3 is 3.27 bits per heavy atom. The number of alkyl halides is 1. The Balaban J connectivity index is 1.86. The number of carbonyl (C=O) groups is 1. The van der Waals surface area contributed by atoms with Gasteiger partial charge in [0, 0.05) is 30.7 Å². The average molecular weight is 337 g/mol. The Kier molecular flexibility index (Phi) is 3.92. The number of hydrogen-bond donors (Lipinski definition) is 1. The highest BCUT2D eigenvalue weighted by molar-refractivity contribution is 14.1. The first kappa shape index (κ1) is 11.3. The molecule has 4 nitrogen and oxygen atoms in total. The van der Waals surface area contributed by atoms with E-state index in [2.05, 4.69) is 37.8 Å². The maximum atomic E-state index is 11.7. The van der Waals surface area contributed by atoms with Crippen molar-refractivity contribution in [3.05, 3.63) is 16.6 Å². The number of aromatic nitrogens is 1. The van der Waals surface area contributed by atoms with Crippen LogP contribution >= 0.6 is 33.9 Å². The van der Waals surface area contributed by atoms with Crippen molar-refractivity contribution in [1.29, 1.82) is 0 Å². The summed E-state index contributed by atoms with van der Waals surface area (Å²) in [6.45, 7) is 2.03. The maximum absolute atomic E-state index is 11.7. The van der Waals surface area contributed by atoms with E-state index in [1.165, 1.54) is 11.3 Å². The van der Waals surface area contributed by atoms with Gasteiger partial charge in [-0.2, -0.15) is 0 Å². The van der Waals surface area contributed by atoms with Crippen LogP contribution in [0.15, 0.2) is 11.6 Å². The van der Waals surface area contributed by atoms with Crippen LogP contribution in [0.25, 0.3) is 0 Å². The van der Waals surface area contributed by atoms with Gasteiger partial charge < -0.3 is 5.32 Å². The van der Waals surface area contributed by atoms with Gasteiger partial charge in [-0.15, -0.1) is 11.3 Å². The van der Waals surface area contributed by atoms with Gasteiger partial charge in [0.1, 0.15) is 0 Å². The second kappa shape index (κ2) is 5.22. The third-order valence-corrected chi connectivity index (χ3v) is 4.14. The van der Waals surface area contributed by atoms with E-state index in [1.807, 2.05) is 5.38 Å². The minimum Gasteiger partial charge on any atom is -0.346 e. The summed E-state index contributed by atoms with van der Waals surface area (Å²) >= 11 is 3.73. The van der Waals surface area contributed by atoms with E-state index in [-0.39, 0.29) is 11.9 Å². The Hall–Kier alpha value is -0.210. The predicted molar refractivity (Wildman–Crippen MR) is 68.4 cm³/mol. The molecule has 1 aliphatic heterocycles. The Morgan fingerprint density at radius 1 is 1.80 bits per heavy atom. The molecule has 0 bridgehead atoms. The minimum atomic E-state index is -0.0368. The molecule has 1 aromatic rings. The van der Waals surface area contributed by atoms with Crippen LogP contribution in [0.4, 0.5) is 0 Å². The fraction of sp³-hybridized carbons (Fsp3) is 0.556. The third kappa shape index (κ3) is 2.88. The highest BCUT2D eigenvalue weighted by Crippen LogP contribution is 2.11. The van der Waals surface area contributed by atoms with Crippen molar-refractivity contribution in [3.8, 4) is 0 Å². The number of amides is 1. The summed E-state index contributed by atoms with van der Waals surface area (Å²) < 4.78 is 1.03. The van der Waals surface area contributed by atoms with Gasteiger partial charge in [0.15, 0.2) is 5.01 Å². The molecule has 1 aliphatic rings. The van der Waals surface area contributed by atoms with Crippen molar-refractivity contribution in [2.75, 3.05) is 17.6 Å². The zero-order valence-electron chi connectivity index (χ0n) is 8.15. The number of nitrogens with zero attached hydrogens (tertiary/aromatic N) is 2. The van der Waals surface area contributed by atoms with E-state index in [1.54, 1.807) is 6.20 Å². The smallest absolute Gasteiger partial charge is 0.280 e. The molecule has 0 saturated carbocycles. The standard InChI is InChI=1S/C9H12IN3OS/c10-6-13-3-1-7(5-13)12-8(14)9-11-2-4-15-9/h2,4,7H,1,3,5-6H2,(H,12,14). The Bertz CT molecular complexity index is 330. The van der Waals surface area contributed by atoms with Crippen LogP contribution in [0.2, 0.25) is 0 Å². The molecular formula is C9H12IN3OS. The van der Waals surface area contributed by atoms with Crippen LogP contribution in [0.1, 0.15) is 16.2 Å². The van der Waals surface area contributed by atoms with Crippen LogP contribution in [0.3, 0.4) is 0 Å². The molecule has 0 aromatic carbocycles. The lowest BCUT2D eigenvalue weighted by atomic mass is 10.2. The molecule has 15 heavy (non-hydrogen) atoms. The van der Waals surface area contributed by atoms with E-state index in [4.69, 9.17) is 0 Å². The Labute approximate surface area is 106 Å². The molecule has 1 saturated heterocycles. The molecule has 1 aromatic heterocycles. The van der Waals surface area contributed by atoms with E-state index in [0.717, 1.165) is 24.1 Å². The second-order valence-electron chi connectivity index (χ2n) is 3.49. The number of rotatable bonds is 3. The van der Waals surface area contributed by atoms with Gasteiger partial charge in [-0.3, -0.25) is 9.69 Å². The summed E-state index contributed by atoms with van der Waals surface area (Å²) in [7, 11) is 0. The number of likely N-dealkylation sites (tertiary alicyclic amines) is 1. The van der Waals surface area contributed by atoms with E-state index in [9.17, 15) is 4.79 Å². The molecule has 0 spiro atoms. The van der Waals surface area contributed by atoms with Gasteiger partial charge in [-0.05, 0) is 6.42 Å². The fourth-order valence-electron chi connectivity index (χ4n) is 1.64. The van der Waals surface area contributed by atoms with Crippen molar-refractivity contribution >= 4 is 39.8 Å². The third-order valence-electron chi connectivity index (χ3n) is 2.40. The molecule has 1 atom stereocenters. The summed E-state index contributed by atoms with van der Waals surface area (Å²) in [4.78, 5) is 18.0. The molecule has 1 amide bonds. The first-order chi connectivity index (χ1) is 7.29. The molecule has 0 radical (unpaired) electrons. The van der Waals surface area contributed by atoms with Gasteiger partial charge in [-0.25, -0.2) is 4.98 Å². The number of thiazole rings is 1. The van der Waals surface area contributed by atoms with Crippen molar-refractivity contribution in [1.82, 2.24) is 15.2 Å². The number of halogens is 1.